The minimum atomic E-state index is -1.37. The average molecular weight is 280 g/mol. The van der Waals surface area contributed by atoms with Crippen molar-refractivity contribution in [2.45, 2.75) is 65.0 Å². The fourth-order valence-corrected chi connectivity index (χ4v) is 12.3. The molecule has 0 rings (SSSR count). The van der Waals surface area contributed by atoms with Crippen LogP contribution in [0.3, 0.4) is 0 Å². The van der Waals surface area contributed by atoms with Crippen LogP contribution < -0.4 is 0 Å². The van der Waals surface area contributed by atoms with E-state index >= 15 is 0 Å². The predicted molar refractivity (Wildman–Crippen MR) is 82.6 cm³/mol. The highest BCUT2D eigenvalue weighted by Crippen LogP contribution is 2.40. The fraction of sp³-hybridized carbons (Fsp3) is 1.00. The highest BCUT2D eigenvalue weighted by molar-refractivity contribution is 6.91. The molecule has 0 radical (unpaired) electrons. The van der Waals surface area contributed by atoms with Gasteiger partial charge in [-0.3, -0.25) is 0 Å². The molecule has 1 nitrogen and oxygen atoms in total. The summed E-state index contributed by atoms with van der Waals surface area (Å²) in [6, 6.07) is 0. The lowest BCUT2D eigenvalue weighted by Crippen LogP contribution is -2.64. The fourth-order valence-electron chi connectivity index (χ4n) is 2.08. The Bertz CT molecular complexity index is 216. The van der Waals surface area contributed by atoms with Crippen LogP contribution in [0.4, 0.5) is 0 Å². The van der Waals surface area contributed by atoms with E-state index in [1.54, 1.807) is 0 Å². The second kappa shape index (κ2) is 5.55. The number of nitrogens with zero attached hydrogens (tertiary/aromatic N) is 1. The summed E-state index contributed by atoms with van der Waals surface area (Å²) in [5.74, 6) is 0.787. The van der Waals surface area contributed by atoms with Gasteiger partial charge >= 0.3 is 0 Å². The Labute approximate surface area is 110 Å². The Morgan fingerprint density at radius 1 is 1.00 bits per heavy atom. The van der Waals surface area contributed by atoms with Gasteiger partial charge in [-0.25, -0.2) is 0 Å². The Morgan fingerprint density at radius 3 is 1.69 bits per heavy atom. The van der Waals surface area contributed by atoms with Crippen LogP contribution in [0.5, 0.6) is 0 Å². The third-order valence-electron chi connectivity index (χ3n) is 3.84. The van der Waals surface area contributed by atoms with Crippen molar-refractivity contribution in [1.29, 1.82) is 0 Å². The van der Waals surface area contributed by atoms with Crippen LogP contribution in [-0.4, -0.2) is 33.1 Å². The minimum absolute atomic E-state index is 0.430. The molecular formula is C12H30ClNSi2. The molecule has 16 heavy (non-hydrogen) atoms. The highest BCUT2D eigenvalue weighted by atomic mass is 35.5. The third-order valence-corrected chi connectivity index (χ3v) is 14.9. The molecule has 0 N–H and O–H groups in total. The molecule has 0 aliphatic rings. The van der Waals surface area contributed by atoms with E-state index in [0.29, 0.717) is 5.04 Å². The number of halogens is 1. The molecule has 0 aromatic heterocycles. The lowest BCUT2D eigenvalue weighted by Gasteiger charge is -2.52. The van der Waals surface area contributed by atoms with Crippen LogP contribution in [0.2, 0.25) is 37.8 Å². The molecule has 0 atom stereocenters. The lowest BCUT2D eigenvalue weighted by atomic mass is 10.2. The maximum atomic E-state index is 5.86. The van der Waals surface area contributed by atoms with Gasteiger partial charge in [-0.15, -0.1) is 11.6 Å². The normalized spacial score (nSPS) is 14.6. The number of rotatable bonds is 5. The van der Waals surface area contributed by atoms with Crippen molar-refractivity contribution in [3.63, 3.8) is 0 Å². The molecule has 0 heterocycles. The number of hydrogen-bond donors (Lipinski definition) is 0. The Kier molecular flexibility index (Phi) is 5.79. The van der Waals surface area contributed by atoms with Crippen molar-refractivity contribution >= 4 is 28.1 Å². The van der Waals surface area contributed by atoms with Gasteiger partial charge in [-0.2, -0.15) is 0 Å². The van der Waals surface area contributed by atoms with Crippen LogP contribution in [0.1, 0.15) is 27.2 Å². The van der Waals surface area contributed by atoms with Gasteiger partial charge in [0.1, 0.15) is 16.5 Å². The minimum Gasteiger partial charge on any atom is -0.345 e. The smallest absolute Gasteiger partial charge is 0.120 e. The van der Waals surface area contributed by atoms with Crippen molar-refractivity contribution in [2.24, 2.45) is 0 Å². The molecule has 0 aromatic rings. The summed E-state index contributed by atoms with van der Waals surface area (Å²) in [4.78, 5) is 0. The van der Waals surface area contributed by atoms with Gasteiger partial charge < -0.3 is 4.23 Å². The van der Waals surface area contributed by atoms with Gasteiger partial charge in [0.05, 0.1) is 0 Å². The monoisotopic (exact) mass is 279 g/mol. The first-order valence-electron chi connectivity index (χ1n) is 6.28. The Morgan fingerprint density at radius 2 is 1.44 bits per heavy atom. The van der Waals surface area contributed by atoms with E-state index in [4.69, 9.17) is 11.6 Å². The summed E-state index contributed by atoms with van der Waals surface area (Å²) in [5, 5.41) is 0.430. The lowest BCUT2D eigenvalue weighted by molar-refractivity contribution is 0.546. The largest absolute Gasteiger partial charge is 0.345 e. The number of alkyl halides is 1. The molecule has 0 aromatic carbocycles. The van der Waals surface area contributed by atoms with E-state index in [0.717, 1.165) is 12.3 Å². The Balaban J connectivity index is 5.03. The van der Waals surface area contributed by atoms with Crippen LogP contribution in [0, 0.1) is 0 Å². The zero-order valence-electron chi connectivity index (χ0n) is 12.4. The molecule has 4 heteroatoms. The summed E-state index contributed by atoms with van der Waals surface area (Å²) in [6.45, 7) is 20.8. The molecule has 0 unspecified atom stereocenters. The molecule has 0 saturated heterocycles. The molecule has 0 aliphatic carbocycles. The van der Waals surface area contributed by atoms with Crippen molar-refractivity contribution in [2.75, 3.05) is 12.4 Å². The zero-order chi connectivity index (χ0) is 13.2. The molecular weight excluding hydrogens is 250 g/mol. The second-order valence-electron chi connectivity index (χ2n) is 7.17. The molecule has 0 spiro atoms. The van der Waals surface area contributed by atoms with Crippen LogP contribution in [-0.2, 0) is 0 Å². The molecule has 0 aliphatic heterocycles. The first-order valence-corrected chi connectivity index (χ1v) is 13.2. The maximum Gasteiger partial charge on any atom is 0.120 e. The van der Waals surface area contributed by atoms with Gasteiger partial charge in [0.2, 0.25) is 0 Å². The first-order chi connectivity index (χ1) is 6.94. The molecule has 0 saturated carbocycles. The van der Waals surface area contributed by atoms with Crippen molar-refractivity contribution in [1.82, 2.24) is 4.23 Å². The molecule has 0 bridgehead atoms. The van der Waals surface area contributed by atoms with Crippen LogP contribution in [0.15, 0.2) is 0 Å². The van der Waals surface area contributed by atoms with Crippen molar-refractivity contribution in [3.05, 3.63) is 0 Å². The van der Waals surface area contributed by atoms with Crippen molar-refractivity contribution < 1.29 is 0 Å². The molecule has 0 amide bonds. The van der Waals surface area contributed by atoms with E-state index in [2.05, 4.69) is 57.7 Å². The topological polar surface area (TPSA) is 3.24 Å². The second-order valence-corrected chi connectivity index (χ2v) is 18.0. The summed E-state index contributed by atoms with van der Waals surface area (Å²) in [7, 11) is -2.60. The third kappa shape index (κ3) is 4.17. The van der Waals surface area contributed by atoms with E-state index in [1.165, 1.54) is 6.54 Å². The maximum absolute atomic E-state index is 5.86. The van der Waals surface area contributed by atoms with Gasteiger partial charge in [-0.05, 0) is 18.0 Å². The van der Waals surface area contributed by atoms with Crippen LogP contribution in [0.25, 0.3) is 0 Å². The highest BCUT2D eigenvalue weighted by Gasteiger charge is 2.45. The standard InChI is InChI=1S/C12H30ClNSi2/c1-12(2,3)16(7,8)14(11-9-10-13)15(4,5)6/h9-11H2,1-8H3. The van der Waals surface area contributed by atoms with E-state index < -0.39 is 16.5 Å². The average Bonchev–Trinajstić information content (AvgIpc) is 1.99. The predicted octanol–water partition coefficient (Wildman–Crippen LogP) is 4.76. The van der Waals surface area contributed by atoms with Gasteiger partial charge in [0, 0.05) is 5.88 Å². The summed E-state index contributed by atoms with van der Waals surface area (Å²) >= 11 is 5.86. The summed E-state index contributed by atoms with van der Waals surface area (Å²) < 4.78 is 2.86. The van der Waals surface area contributed by atoms with Gasteiger partial charge in [0.25, 0.3) is 0 Å². The quantitative estimate of drug-likeness (QED) is 0.518. The first kappa shape index (κ1) is 16.7. The van der Waals surface area contributed by atoms with E-state index in [9.17, 15) is 0 Å². The summed E-state index contributed by atoms with van der Waals surface area (Å²) in [5.41, 5.74) is 0. The van der Waals surface area contributed by atoms with Crippen molar-refractivity contribution in [3.8, 4) is 0 Å². The SMILES string of the molecule is CC(C)(C)[Si](C)(C)N(CCCCl)[Si](C)(C)C. The Hall–Kier alpha value is 0.684. The van der Waals surface area contributed by atoms with E-state index in [-0.39, 0.29) is 0 Å². The molecule has 98 valence electrons. The number of hydrogen-bond acceptors (Lipinski definition) is 1. The molecule has 0 fully saturated rings. The summed E-state index contributed by atoms with van der Waals surface area (Å²) in [6.07, 6.45) is 1.12. The van der Waals surface area contributed by atoms with E-state index in [1.807, 2.05) is 0 Å². The van der Waals surface area contributed by atoms with Gasteiger partial charge in [-0.1, -0.05) is 53.5 Å². The zero-order valence-corrected chi connectivity index (χ0v) is 15.2. The van der Waals surface area contributed by atoms with Crippen LogP contribution >= 0.6 is 11.6 Å². The van der Waals surface area contributed by atoms with Gasteiger partial charge in [0.15, 0.2) is 0 Å².